The molecule has 1 aromatic carbocycles. The number of fused-ring (bicyclic) bond motifs is 3. The molecule has 2 bridgehead atoms. The molecule has 3 heterocycles. The van der Waals surface area contributed by atoms with Crippen molar-refractivity contribution in [2.75, 3.05) is 7.05 Å². The first-order valence-corrected chi connectivity index (χ1v) is 8.57. The number of hydrogen-bond acceptors (Lipinski definition) is 4. The first-order chi connectivity index (χ1) is 10.1. The summed E-state index contributed by atoms with van der Waals surface area (Å²) in [5.41, 5.74) is 1.14. The molecule has 0 aliphatic carbocycles. The standard InChI is InChI=1S/C15H17ClN2O2S/c1-18-8-2-3-9(18)7-10(6-8)21-12-5-4-11-14(13(12)16)20-15(19)17-11/h4-5,8-10H,2-3,6-7H2,1H3,(H,17,19). The number of oxazole rings is 1. The quantitative estimate of drug-likeness (QED) is 0.918. The van der Waals surface area contributed by atoms with Crippen LogP contribution in [0.4, 0.5) is 0 Å². The van der Waals surface area contributed by atoms with E-state index in [-0.39, 0.29) is 0 Å². The molecular formula is C15H17ClN2O2S. The zero-order valence-corrected chi connectivity index (χ0v) is 13.3. The third-order valence-electron chi connectivity index (χ3n) is 4.84. The van der Waals surface area contributed by atoms with Gasteiger partial charge in [-0.05, 0) is 44.9 Å². The van der Waals surface area contributed by atoms with Crippen molar-refractivity contribution in [3.63, 3.8) is 0 Å². The number of thioether (sulfide) groups is 1. The Morgan fingerprint density at radius 1 is 1.33 bits per heavy atom. The minimum atomic E-state index is -0.452. The monoisotopic (exact) mass is 324 g/mol. The SMILES string of the molecule is CN1C2CCC1CC(Sc1ccc3[nH]c(=O)oc3c1Cl)C2. The summed E-state index contributed by atoms with van der Waals surface area (Å²) in [6.45, 7) is 0. The van der Waals surface area contributed by atoms with Crippen LogP contribution in [0.5, 0.6) is 0 Å². The molecule has 2 unspecified atom stereocenters. The van der Waals surface area contributed by atoms with E-state index in [1.54, 1.807) is 0 Å². The Morgan fingerprint density at radius 2 is 2.05 bits per heavy atom. The molecule has 2 aromatic rings. The lowest BCUT2D eigenvalue weighted by molar-refractivity contribution is 0.183. The molecule has 2 aliphatic heterocycles. The van der Waals surface area contributed by atoms with E-state index in [0.717, 1.165) is 4.90 Å². The van der Waals surface area contributed by atoms with Crippen LogP contribution in [0.1, 0.15) is 25.7 Å². The Bertz CT molecular complexity index is 727. The van der Waals surface area contributed by atoms with Gasteiger partial charge in [-0.15, -0.1) is 11.8 Å². The molecule has 6 heteroatoms. The van der Waals surface area contributed by atoms with E-state index < -0.39 is 5.76 Å². The van der Waals surface area contributed by atoms with E-state index in [1.165, 1.54) is 25.7 Å². The van der Waals surface area contributed by atoms with Gasteiger partial charge in [0.05, 0.1) is 10.5 Å². The second-order valence-corrected chi connectivity index (χ2v) is 7.75. The molecule has 1 N–H and O–H groups in total. The van der Waals surface area contributed by atoms with E-state index in [0.29, 0.717) is 33.5 Å². The molecule has 0 amide bonds. The Morgan fingerprint density at radius 3 is 2.76 bits per heavy atom. The normalized spacial score (nSPS) is 29.3. The average molecular weight is 325 g/mol. The molecule has 21 heavy (non-hydrogen) atoms. The topological polar surface area (TPSA) is 49.2 Å². The fourth-order valence-corrected chi connectivity index (χ4v) is 5.37. The number of aromatic amines is 1. The van der Waals surface area contributed by atoms with Crippen molar-refractivity contribution in [1.82, 2.24) is 9.88 Å². The highest BCUT2D eigenvalue weighted by Gasteiger charge is 2.38. The summed E-state index contributed by atoms with van der Waals surface area (Å²) < 4.78 is 5.14. The summed E-state index contributed by atoms with van der Waals surface area (Å²) in [5, 5.41) is 1.15. The van der Waals surface area contributed by atoms with Crippen LogP contribution in [-0.4, -0.2) is 34.3 Å². The third-order valence-corrected chi connectivity index (χ3v) is 6.64. The summed E-state index contributed by atoms with van der Waals surface area (Å²) >= 11 is 8.24. The average Bonchev–Trinajstić information content (AvgIpc) is 2.90. The molecule has 1 aromatic heterocycles. The number of rotatable bonds is 2. The van der Waals surface area contributed by atoms with E-state index in [1.807, 2.05) is 23.9 Å². The largest absolute Gasteiger partial charge is 0.417 e. The van der Waals surface area contributed by atoms with Gasteiger partial charge in [-0.2, -0.15) is 0 Å². The van der Waals surface area contributed by atoms with Crippen molar-refractivity contribution in [2.45, 2.75) is 47.9 Å². The van der Waals surface area contributed by atoms with Crippen molar-refractivity contribution in [2.24, 2.45) is 0 Å². The van der Waals surface area contributed by atoms with Crippen molar-refractivity contribution < 1.29 is 4.42 Å². The van der Waals surface area contributed by atoms with Crippen LogP contribution in [0.2, 0.25) is 5.02 Å². The maximum absolute atomic E-state index is 11.3. The summed E-state index contributed by atoms with van der Waals surface area (Å²) in [6, 6.07) is 5.29. The Hall–Kier alpha value is -0.910. The van der Waals surface area contributed by atoms with Crippen molar-refractivity contribution in [1.29, 1.82) is 0 Å². The highest BCUT2D eigenvalue weighted by molar-refractivity contribution is 8.00. The summed E-state index contributed by atoms with van der Waals surface area (Å²) in [6.07, 6.45) is 5.06. The summed E-state index contributed by atoms with van der Waals surface area (Å²) in [4.78, 5) is 17.5. The molecule has 0 radical (unpaired) electrons. The van der Waals surface area contributed by atoms with Gasteiger partial charge in [0, 0.05) is 22.2 Å². The predicted molar refractivity (Wildman–Crippen MR) is 85.3 cm³/mol. The second-order valence-electron chi connectivity index (χ2n) is 6.03. The van der Waals surface area contributed by atoms with E-state index in [2.05, 4.69) is 16.9 Å². The van der Waals surface area contributed by atoms with Gasteiger partial charge in [0.2, 0.25) is 0 Å². The van der Waals surface area contributed by atoms with E-state index >= 15 is 0 Å². The summed E-state index contributed by atoms with van der Waals surface area (Å²) in [7, 11) is 2.25. The molecule has 2 aliphatic rings. The smallest absolute Gasteiger partial charge is 0.406 e. The summed E-state index contributed by atoms with van der Waals surface area (Å²) in [5.74, 6) is -0.452. The van der Waals surface area contributed by atoms with Gasteiger partial charge in [-0.25, -0.2) is 4.79 Å². The van der Waals surface area contributed by atoms with Crippen LogP contribution in [-0.2, 0) is 0 Å². The van der Waals surface area contributed by atoms with Crippen molar-refractivity contribution >= 4 is 34.5 Å². The predicted octanol–water partition coefficient (Wildman–Crippen LogP) is 3.49. The lowest BCUT2D eigenvalue weighted by Crippen LogP contribution is -2.40. The fraction of sp³-hybridized carbons (Fsp3) is 0.533. The number of H-pyrrole nitrogens is 1. The van der Waals surface area contributed by atoms with Gasteiger partial charge >= 0.3 is 5.76 Å². The lowest BCUT2D eigenvalue weighted by atomic mass is 10.0. The van der Waals surface area contributed by atoms with Gasteiger partial charge in [-0.1, -0.05) is 11.6 Å². The zero-order valence-electron chi connectivity index (χ0n) is 11.8. The molecule has 2 fully saturated rings. The molecular weight excluding hydrogens is 308 g/mol. The maximum Gasteiger partial charge on any atom is 0.417 e. The Kier molecular flexibility index (Phi) is 3.32. The third kappa shape index (κ3) is 2.31. The number of benzene rings is 1. The van der Waals surface area contributed by atoms with Crippen LogP contribution in [0.15, 0.2) is 26.2 Å². The molecule has 0 spiro atoms. The van der Waals surface area contributed by atoms with Gasteiger partial charge in [0.25, 0.3) is 0 Å². The number of halogens is 1. The number of nitrogens with one attached hydrogen (secondary N) is 1. The first-order valence-electron chi connectivity index (χ1n) is 7.31. The molecule has 112 valence electrons. The minimum Gasteiger partial charge on any atom is -0.406 e. The lowest BCUT2D eigenvalue weighted by Gasteiger charge is -2.36. The first kappa shape index (κ1) is 13.7. The molecule has 2 atom stereocenters. The number of nitrogens with zero attached hydrogens (tertiary/aromatic N) is 1. The highest BCUT2D eigenvalue weighted by Crippen LogP contribution is 2.43. The highest BCUT2D eigenvalue weighted by atomic mass is 35.5. The van der Waals surface area contributed by atoms with Gasteiger partial charge in [0.15, 0.2) is 5.58 Å². The van der Waals surface area contributed by atoms with E-state index in [4.69, 9.17) is 16.0 Å². The molecule has 4 nitrogen and oxygen atoms in total. The van der Waals surface area contributed by atoms with Crippen LogP contribution in [0.3, 0.4) is 0 Å². The van der Waals surface area contributed by atoms with Crippen LogP contribution < -0.4 is 5.76 Å². The van der Waals surface area contributed by atoms with Crippen LogP contribution in [0.25, 0.3) is 11.1 Å². The number of piperidine rings is 1. The number of hydrogen-bond donors (Lipinski definition) is 1. The van der Waals surface area contributed by atoms with Gasteiger partial charge in [-0.3, -0.25) is 4.98 Å². The van der Waals surface area contributed by atoms with Crippen molar-refractivity contribution in [3.05, 3.63) is 27.7 Å². The van der Waals surface area contributed by atoms with Crippen molar-refractivity contribution in [3.8, 4) is 0 Å². The zero-order chi connectivity index (χ0) is 14.6. The van der Waals surface area contributed by atoms with Crippen LogP contribution >= 0.6 is 23.4 Å². The molecule has 2 saturated heterocycles. The van der Waals surface area contributed by atoms with Crippen LogP contribution in [0, 0.1) is 0 Å². The fourth-order valence-electron chi connectivity index (χ4n) is 3.69. The maximum atomic E-state index is 11.3. The second kappa shape index (κ2) is 5.07. The molecule has 0 saturated carbocycles. The molecule has 4 rings (SSSR count). The van der Waals surface area contributed by atoms with Gasteiger partial charge < -0.3 is 9.32 Å². The minimum absolute atomic E-state index is 0.452. The Balaban J connectivity index is 1.60. The number of aromatic nitrogens is 1. The van der Waals surface area contributed by atoms with E-state index in [9.17, 15) is 4.79 Å². The Labute approximate surface area is 131 Å². The van der Waals surface area contributed by atoms with Gasteiger partial charge in [0.1, 0.15) is 0 Å².